The van der Waals surface area contributed by atoms with Gasteiger partial charge in [0, 0.05) is 12.3 Å². The Labute approximate surface area is 175 Å². The van der Waals surface area contributed by atoms with Crippen molar-refractivity contribution in [1.82, 2.24) is 24.4 Å². The molecule has 0 bridgehead atoms. The maximum atomic E-state index is 13.1. The van der Waals surface area contributed by atoms with Gasteiger partial charge in [0.2, 0.25) is 0 Å². The molecule has 0 aliphatic heterocycles. The van der Waals surface area contributed by atoms with Crippen LogP contribution < -0.4 is 5.32 Å². The second-order valence-electron chi connectivity index (χ2n) is 7.09. The van der Waals surface area contributed by atoms with E-state index >= 15 is 0 Å². The molecule has 1 amide bonds. The summed E-state index contributed by atoms with van der Waals surface area (Å²) in [4.78, 5) is 17.2. The Bertz CT molecular complexity index is 1290. The fraction of sp³-hybridized carbons (Fsp3) is 0.238. The van der Waals surface area contributed by atoms with Crippen LogP contribution in [0.2, 0.25) is 0 Å². The molecule has 3 heterocycles. The Kier molecular flexibility index (Phi) is 5.00. The van der Waals surface area contributed by atoms with Crippen LogP contribution in [0.5, 0.6) is 0 Å². The van der Waals surface area contributed by atoms with E-state index in [2.05, 4.69) is 20.5 Å². The van der Waals surface area contributed by atoms with Crippen molar-refractivity contribution >= 4 is 17.2 Å². The van der Waals surface area contributed by atoms with Crippen LogP contribution in [0.3, 0.4) is 0 Å². The summed E-state index contributed by atoms with van der Waals surface area (Å²) in [7, 11) is 0. The van der Waals surface area contributed by atoms with Crippen molar-refractivity contribution in [3.8, 4) is 5.69 Å². The zero-order chi connectivity index (χ0) is 22.3. The number of carbonyl (C=O) groups excluding carboxylic acids is 1. The maximum absolute atomic E-state index is 13.1. The Morgan fingerprint density at radius 1 is 1.16 bits per heavy atom. The van der Waals surface area contributed by atoms with E-state index < -0.39 is 17.6 Å². The van der Waals surface area contributed by atoms with Crippen molar-refractivity contribution in [2.75, 3.05) is 5.32 Å². The van der Waals surface area contributed by atoms with Gasteiger partial charge >= 0.3 is 6.18 Å². The van der Waals surface area contributed by atoms with Gasteiger partial charge in [-0.25, -0.2) is 14.2 Å². The van der Waals surface area contributed by atoms with Gasteiger partial charge < -0.3 is 5.32 Å². The number of amides is 1. The number of nitrogens with zero attached hydrogens (tertiary/aromatic N) is 5. The number of hydrogen-bond donors (Lipinski definition) is 1. The van der Waals surface area contributed by atoms with E-state index in [0.29, 0.717) is 34.7 Å². The molecule has 0 saturated heterocycles. The van der Waals surface area contributed by atoms with E-state index in [4.69, 9.17) is 0 Å². The highest BCUT2D eigenvalue weighted by molar-refractivity contribution is 6.05. The third-order valence-electron chi connectivity index (χ3n) is 4.96. The number of fused-ring (bicyclic) bond motifs is 1. The van der Waals surface area contributed by atoms with Gasteiger partial charge in [-0.3, -0.25) is 4.79 Å². The molecule has 31 heavy (non-hydrogen) atoms. The summed E-state index contributed by atoms with van der Waals surface area (Å²) in [5.74, 6) is -0.404. The molecule has 3 aromatic heterocycles. The van der Waals surface area contributed by atoms with E-state index in [1.807, 2.05) is 19.9 Å². The first kappa shape index (κ1) is 20.6. The predicted molar refractivity (Wildman–Crippen MR) is 108 cm³/mol. The molecule has 0 aliphatic carbocycles. The van der Waals surface area contributed by atoms with E-state index in [1.54, 1.807) is 11.4 Å². The number of aromatic nitrogens is 5. The minimum absolute atomic E-state index is 0.262. The quantitative estimate of drug-likeness (QED) is 0.524. The number of alkyl halides is 3. The standard InChI is InChI=1S/C21H19F3N6O/c1-4-18-17(11-26-30(18)15-7-5-6-14(9-15)21(22,23)24)27-20(31)16-10-25-19-8-12(2)28-29(19)13(16)3/h5-11H,4H2,1-3H3,(H,27,31). The zero-order valence-corrected chi connectivity index (χ0v) is 17.0. The molecule has 0 spiro atoms. The smallest absolute Gasteiger partial charge is 0.319 e. The maximum Gasteiger partial charge on any atom is 0.416 e. The van der Waals surface area contributed by atoms with Crippen LogP contribution in [0.1, 0.15) is 39.9 Å². The highest BCUT2D eigenvalue weighted by Crippen LogP contribution is 2.31. The highest BCUT2D eigenvalue weighted by Gasteiger charge is 2.30. The SMILES string of the molecule is CCc1c(NC(=O)c2cnc3cc(C)nn3c2C)cnn1-c1cccc(C(F)(F)F)c1. The van der Waals surface area contributed by atoms with E-state index in [0.717, 1.165) is 17.8 Å². The van der Waals surface area contributed by atoms with Gasteiger partial charge in [-0.2, -0.15) is 23.4 Å². The molecule has 160 valence electrons. The average molecular weight is 428 g/mol. The Morgan fingerprint density at radius 3 is 2.65 bits per heavy atom. The molecule has 1 N–H and O–H groups in total. The van der Waals surface area contributed by atoms with Crippen LogP contribution in [0.15, 0.2) is 42.7 Å². The van der Waals surface area contributed by atoms with Crippen LogP contribution >= 0.6 is 0 Å². The van der Waals surface area contributed by atoms with Crippen molar-refractivity contribution < 1.29 is 18.0 Å². The molecule has 1 aromatic carbocycles. The first-order valence-corrected chi connectivity index (χ1v) is 9.57. The molecule has 0 radical (unpaired) electrons. The molecular formula is C21H19F3N6O. The van der Waals surface area contributed by atoms with Crippen molar-refractivity contribution in [3.63, 3.8) is 0 Å². The van der Waals surface area contributed by atoms with Crippen molar-refractivity contribution in [2.45, 2.75) is 33.4 Å². The summed E-state index contributed by atoms with van der Waals surface area (Å²) >= 11 is 0. The van der Waals surface area contributed by atoms with Crippen LogP contribution in [-0.2, 0) is 12.6 Å². The fourth-order valence-corrected chi connectivity index (χ4v) is 3.43. The molecule has 0 fully saturated rings. The highest BCUT2D eigenvalue weighted by atomic mass is 19.4. The average Bonchev–Trinajstić information content (AvgIpc) is 3.30. The number of halogens is 3. The second-order valence-corrected chi connectivity index (χ2v) is 7.09. The van der Waals surface area contributed by atoms with Crippen LogP contribution in [0.4, 0.5) is 18.9 Å². The van der Waals surface area contributed by atoms with Crippen molar-refractivity contribution in [3.05, 3.63) is 70.9 Å². The summed E-state index contributed by atoms with van der Waals surface area (Å²) in [5, 5.41) is 11.3. The van der Waals surface area contributed by atoms with Gasteiger partial charge in [-0.1, -0.05) is 13.0 Å². The molecule has 4 aromatic rings. The fourth-order valence-electron chi connectivity index (χ4n) is 3.43. The monoisotopic (exact) mass is 428 g/mol. The molecule has 7 nitrogen and oxygen atoms in total. The predicted octanol–water partition coefficient (Wildman–Crippen LogP) is 4.37. The van der Waals surface area contributed by atoms with Crippen molar-refractivity contribution in [2.24, 2.45) is 0 Å². The number of anilines is 1. The lowest BCUT2D eigenvalue weighted by Crippen LogP contribution is -2.17. The zero-order valence-electron chi connectivity index (χ0n) is 17.0. The summed E-state index contributed by atoms with van der Waals surface area (Å²) < 4.78 is 42.2. The molecular weight excluding hydrogens is 409 g/mol. The summed E-state index contributed by atoms with van der Waals surface area (Å²) in [6.45, 7) is 5.44. The van der Waals surface area contributed by atoms with Gasteiger partial charge in [-0.05, 0) is 38.5 Å². The van der Waals surface area contributed by atoms with Gasteiger partial charge in [-0.15, -0.1) is 0 Å². The van der Waals surface area contributed by atoms with E-state index in [1.165, 1.54) is 29.2 Å². The minimum atomic E-state index is -4.46. The lowest BCUT2D eigenvalue weighted by atomic mass is 10.2. The number of carbonyl (C=O) groups is 1. The largest absolute Gasteiger partial charge is 0.416 e. The Morgan fingerprint density at radius 2 is 1.94 bits per heavy atom. The topological polar surface area (TPSA) is 77.1 Å². The lowest BCUT2D eigenvalue weighted by molar-refractivity contribution is -0.137. The van der Waals surface area contributed by atoms with Gasteiger partial charge in [0.05, 0.1) is 45.8 Å². The third-order valence-corrected chi connectivity index (χ3v) is 4.96. The minimum Gasteiger partial charge on any atom is -0.319 e. The van der Waals surface area contributed by atoms with Crippen LogP contribution in [-0.4, -0.2) is 30.3 Å². The Balaban J connectivity index is 1.67. The van der Waals surface area contributed by atoms with Crippen molar-refractivity contribution in [1.29, 1.82) is 0 Å². The molecule has 0 unspecified atom stereocenters. The number of hydrogen-bond acceptors (Lipinski definition) is 4. The summed E-state index contributed by atoms with van der Waals surface area (Å²) in [6.07, 6.45) is -1.11. The molecule has 10 heteroatoms. The molecule has 0 aliphatic rings. The number of benzene rings is 1. The van der Waals surface area contributed by atoms with E-state index in [9.17, 15) is 18.0 Å². The van der Waals surface area contributed by atoms with Crippen LogP contribution in [0.25, 0.3) is 11.3 Å². The third kappa shape index (κ3) is 3.76. The van der Waals surface area contributed by atoms with Gasteiger partial charge in [0.1, 0.15) is 0 Å². The number of nitrogens with one attached hydrogen (secondary N) is 1. The molecule has 4 rings (SSSR count). The normalized spacial score (nSPS) is 11.8. The first-order valence-electron chi connectivity index (χ1n) is 9.57. The van der Waals surface area contributed by atoms with Gasteiger partial charge in [0.15, 0.2) is 5.65 Å². The second kappa shape index (κ2) is 7.53. The Hall–Kier alpha value is -3.69. The number of rotatable bonds is 4. The molecule has 0 saturated carbocycles. The van der Waals surface area contributed by atoms with Crippen LogP contribution in [0, 0.1) is 13.8 Å². The lowest BCUT2D eigenvalue weighted by Gasteiger charge is -2.12. The molecule has 0 atom stereocenters. The van der Waals surface area contributed by atoms with Gasteiger partial charge in [0.25, 0.3) is 5.91 Å². The first-order chi connectivity index (χ1) is 14.7. The van der Waals surface area contributed by atoms with E-state index in [-0.39, 0.29) is 5.69 Å². The number of aryl methyl sites for hydroxylation is 2. The summed E-state index contributed by atoms with van der Waals surface area (Å²) in [6, 6.07) is 6.70. The summed E-state index contributed by atoms with van der Waals surface area (Å²) in [5.41, 5.74) is 2.87.